The summed E-state index contributed by atoms with van der Waals surface area (Å²) in [5.74, 6) is 1.20. The van der Waals surface area contributed by atoms with Gasteiger partial charge in [-0.1, -0.05) is 18.2 Å². The molecule has 2 aromatic rings. The van der Waals surface area contributed by atoms with Gasteiger partial charge in [0, 0.05) is 18.7 Å². The highest BCUT2D eigenvalue weighted by atomic mass is 16.6. The van der Waals surface area contributed by atoms with Gasteiger partial charge < -0.3 is 11.1 Å². The first-order valence-electron chi connectivity index (χ1n) is 5.85. The Hall–Kier alpha value is -2.63. The van der Waals surface area contributed by atoms with Gasteiger partial charge in [-0.15, -0.1) is 0 Å². The van der Waals surface area contributed by atoms with Crippen molar-refractivity contribution in [3.8, 4) is 0 Å². The molecule has 0 unspecified atom stereocenters. The Labute approximate surface area is 110 Å². The summed E-state index contributed by atoms with van der Waals surface area (Å²) in [6, 6.07) is 11.9. The van der Waals surface area contributed by atoms with Crippen molar-refractivity contribution in [3.05, 3.63) is 58.1 Å². The molecule has 0 amide bonds. The highest BCUT2D eigenvalue weighted by Crippen LogP contribution is 2.12. The molecule has 0 saturated carbocycles. The fourth-order valence-electron chi connectivity index (χ4n) is 1.67. The lowest BCUT2D eigenvalue weighted by Gasteiger charge is -2.06. The van der Waals surface area contributed by atoms with Crippen LogP contribution in [-0.4, -0.2) is 16.5 Å². The number of aromatic nitrogens is 1. The topological polar surface area (TPSA) is 94.1 Å². The summed E-state index contributed by atoms with van der Waals surface area (Å²) in [6.07, 6.45) is 0.758. The summed E-state index contributed by atoms with van der Waals surface area (Å²) >= 11 is 0. The molecule has 2 rings (SSSR count). The number of nitrogens with zero attached hydrogens (tertiary/aromatic N) is 2. The summed E-state index contributed by atoms with van der Waals surface area (Å²) in [6.45, 7) is 0.689. The molecule has 0 fully saturated rings. The van der Waals surface area contributed by atoms with Crippen molar-refractivity contribution in [2.24, 2.45) is 0 Å². The number of nitrogens with two attached hydrogens (primary N) is 1. The zero-order valence-electron chi connectivity index (χ0n) is 10.2. The second-order valence-electron chi connectivity index (χ2n) is 4.05. The van der Waals surface area contributed by atoms with Crippen LogP contribution in [0.25, 0.3) is 0 Å². The first-order valence-corrected chi connectivity index (χ1v) is 5.85. The fraction of sp³-hybridized carbons (Fsp3) is 0.154. The molecule has 98 valence electrons. The quantitative estimate of drug-likeness (QED) is 0.633. The zero-order chi connectivity index (χ0) is 13.7. The van der Waals surface area contributed by atoms with E-state index < -0.39 is 4.92 Å². The average molecular weight is 258 g/mol. The van der Waals surface area contributed by atoms with Gasteiger partial charge in [-0.25, -0.2) is 4.98 Å². The number of nitro benzene ring substituents is 1. The fourth-order valence-corrected chi connectivity index (χ4v) is 1.67. The molecule has 3 N–H and O–H groups in total. The highest BCUT2D eigenvalue weighted by Gasteiger charge is 2.03. The maximum absolute atomic E-state index is 10.5. The van der Waals surface area contributed by atoms with Gasteiger partial charge in [0.25, 0.3) is 5.69 Å². The highest BCUT2D eigenvalue weighted by molar-refractivity contribution is 5.42. The summed E-state index contributed by atoms with van der Waals surface area (Å²) in [5.41, 5.74) is 6.71. The van der Waals surface area contributed by atoms with Gasteiger partial charge in [0.15, 0.2) is 0 Å². The number of nitro groups is 1. The van der Waals surface area contributed by atoms with E-state index in [0.717, 1.165) is 17.8 Å². The predicted molar refractivity (Wildman–Crippen MR) is 73.9 cm³/mol. The standard InChI is InChI=1S/C13H14N4O2/c14-12-2-1-3-13(16-12)15-9-8-10-4-6-11(7-5-10)17(18)19/h1-7H,8-9H2,(H3,14,15,16). The number of nitrogen functional groups attached to an aromatic ring is 1. The number of benzene rings is 1. The molecule has 6 heteroatoms. The minimum Gasteiger partial charge on any atom is -0.384 e. The third kappa shape index (κ3) is 3.67. The maximum atomic E-state index is 10.5. The van der Waals surface area contributed by atoms with Gasteiger partial charge in [0.2, 0.25) is 0 Å². The normalized spacial score (nSPS) is 10.1. The number of pyridine rings is 1. The van der Waals surface area contributed by atoms with E-state index >= 15 is 0 Å². The summed E-state index contributed by atoms with van der Waals surface area (Å²) < 4.78 is 0. The minimum atomic E-state index is -0.404. The molecule has 6 nitrogen and oxygen atoms in total. The van der Waals surface area contributed by atoms with Crippen LogP contribution >= 0.6 is 0 Å². The Morgan fingerprint density at radius 3 is 2.58 bits per heavy atom. The van der Waals surface area contributed by atoms with Crippen LogP contribution < -0.4 is 11.1 Å². The number of non-ortho nitro benzene ring substituents is 1. The van der Waals surface area contributed by atoms with Crippen molar-refractivity contribution in [1.82, 2.24) is 4.98 Å². The van der Waals surface area contributed by atoms with Gasteiger partial charge in [-0.05, 0) is 24.1 Å². The minimum absolute atomic E-state index is 0.106. The predicted octanol–water partition coefficient (Wildman–Crippen LogP) is 2.23. The molecule has 0 aliphatic carbocycles. The lowest BCUT2D eigenvalue weighted by molar-refractivity contribution is -0.384. The van der Waals surface area contributed by atoms with Crippen LogP contribution in [0.5, 0.6) is 0 Å². The van der Waals surface area contributed by atoms with Crippen LogP contribution in [0.2, 0.25) is 0 Å². The zero-order valence-corrected chi connectivity index (χ0v) is 10.2. The van der Waals surface area contributed by atoms with Crippen LogP contribution in [0.3, 0.4) is 0 Å². The van der Waals surface area contributed by atoms with Crippen molar-refractivity contribution < 1.29 is 4.92 Å². The SMILES string of the molecule is Nc1cccc(NCCc2ccc([N+](=O)[O-])cc2)n1. The van der Waals surface area contributed by atoms with Crippen LogP contribution in [0.4, 0.5) is 17.3 Å². The van der Waals surface area contributed by atoms with Crippen LogP contribution in [0.1, 0.15) is 5.56 Å². The number of hydrogen-bond acceptors (Lipinski definition) is 5. The molecule has 19 heavy (non-hydrogen) atoms. The number of rotatable bonds is 5. The molecule has 0 aliphatic heterocycles. The summed E-state index contributed by atoms with van der Waals surface area (Å²) in [7, 11) is 0. The Kier molecular flexibility index (Phi) is 3.92. The Morgan fingerprint density at radius 1 is 1.21 bits per heavy atom. The second kappa shape index (κ2) is 5.81. The van der Waals surface area contributed by atoms with Crippen molar-refractivity contribution >= 4 is 17.3 Å². The third-order valence-corrected chi connectivity index (χ3v) is 2.64. The number of nitrogens with one attached hydrogen (secondary N) is 1. The van der Waals surface area contributed by atoms with E-state index in [9.17, 15) is 10.1 Å². The monoisotopic (exact) mass is 258 g/mol. The largest absolute Gasteiger partial charge is 0.384 e. The molecule has 0 spiro atoms. The first kappa shape index (κ1) is 12.8. The van der Waals surface area contributed by atoms with Crippen LogP contribution in [0.15, 0.2) is 42.5 Å². The van der Waals surface area contributed by atoms with Gasteiger partial charge >= 0.3 is 0 Å². The van der Waals surface area contributed by atoms with E-state index in [1.807, 2.05) is 12.1 Å². The Bertz CT molecular complexity index is 569. The molecule has 1 heterocycles. The van der Waals surface area contributed by atoms with E-state index in [2.05, 4.69) is 10.3 Å². The van der Waals surface area contributed by atoms with E-state index in [1.165, 1.54) is 12.1 Å². The van der Waals surface area contributed by atoms with Crippen molar-refractivity contribution in [2.75, 3.05) is 17.6 Å². The molecule has 0 aliphatic rings. The van der Waals surface area contributed by atoms with E-state index in [4.69, 9.17) is 5.73 Å². The van der Waals surface area contributed by atoms with Gasteiger partial charge in [0.05, 0.1) is 4.92 Å². The molecular formula is C13H14N4O2. The number of anilines is 2. The van der Waals surface area contributed by atoms with Crippen molar-refractivity contribution in [2.45, 2.75) is 6.42 Å². The summed E-state index contributed by atoms with van der Waals surface area (Å²) in [4.78, 5) is 14.2. The molecule has 0 atom stereocenters. The maximum Gasteiger partial charge on any atom is 0.269 e. The van der Waals surface area contributed by atoms with Gasteiger partial charge in [0.1, 0.15) is 11.6 Å². The first-order chi connectivity index (χ1) is 9.15. The molecule has 0 saturated heterocycles. The summed E-state index contributed by atoms with van der Waals surface area (Å²) in [5, 5.41) is 13.7. The smallest absolute Gasteiger partial charge is 0.269 e. The molecule has 0 radical (unpaired) electrons. The van der Waals surface area contributed by atoms with E-state index in [-0.39, 0.29) is 5.69 Å². The molecule has 1 aromatic heterocycles. The lowest BCUT2D eigenvalue weighted by Crippen LogP contribution is -2.07. The van der Waals surface area contributed by atoms with Crippen molar-refractivity contribution in [3.63, 3.8) is 0 Å². The third-order valence-electron chi connectivity index (χ3n) is 2.64. The Balaban J connectivity index is 1.87. The molecular weight excluding hydrogens is 244 g/mol. The number of hydrogen-bond donors (Lipinski definition) is 2. The van der Waals surface area contributed by atoms with E-state index in [1.54, 1.807) is 18.2 Å². The van der Waals surface area contributed by atoms with Crippen LogP contribution in [0, 0.1) is 10.1 Å². The average Bonchev–Trinajstić information content (AvgIpc) is 2.39. The molecule has 1 aromatic carbocycles. The molecule has 0 bridgehead atoms. The van der Waals surface area contributed by atoms with Crippen molar-refractivity contribution in [1.29, 1.82) is 0 Å². The van der Waals surface area contributed by atoms with Gasteiger partial charge in [-0.3, -0.25) is 10.1 Å². The van der Waals surface area contributed by atoms with Gasteiger partial charge in [-0.2, -0.15) is 0 Å². The second-order valence-corrected chi connectivity index (χ2v) is 4.05. The van der Waals surface area contributed by atoms with E-state index in [0.29, 0.717) is 12.4 Å². The van der Waals surface area contributed by atoms with Crippen LogP contribution in [-0.2, 0) is 6.42 Å². The lowest BCUT2D eigenvalue weighted by atomic mass is 10.1. The Morgan fingerprint density at radius 2 is 1.95 bits per heavy atom.